The fourth-order valence-electron chi connectivity index (χ4n) is 2.16. The van der Waals surface area contributed by atoms with Crippen LogP contribution in [0.5, 0.6) is 0 Å². The summed E-state index contributed by atoms with van der Waals surface area (Å²) in [7, 11) is 0. The van der Waals surface area contributed by atoms with Gasteiger partial charge in [0.15, 0.2) is 0 Å². The highest BCUT2D eigenvalue weighted by Gasteiger charge is 2.13. The summed E-state index contributed by atoms with van der Waals surface area (Å²) in [5, 5.41) is 7.14. The van der Waals surface area contributed by atoms with Gasteiger partial charge < -0.3 is 10.6 Å². The quantitative estimate of drug-likeness (QED) is 0.708. The molecule has 0 fully saturated rings. The molecule has 2 aromatic carbocycles. The molecule has 4 nitrogen and oxygen atoms in total. The number of benzene rings is 2. The lowest BCUT2D eigenvalue weighted by Crippen LogP contribution is -2.31. The fraction of sp³-hybridized carbons (Fsp3) is 0.176. The van der Waals surface area contributed by atoms with Crippen molar-refractivity contribution in [2.45, 2.75) is 12.8 Å². The summed E-state index contributed by atoms with van der Waals surface area (Å²) in [6.45, 7) is 2.56. The average Bonchev–Trinajstić information content (AvgIpc) is 2.99. The Morgan fingerprint density at radius 1 is 1.22 bits per heavy atom. The fourth-order valence-corrected chi connectivity index (χ4v) is 3.36. The maximum Gasteiger partial charge on any atom is 0.319 e. The summed E-state index contributed by atoms with van der Waals surface area (Å²) in [5.74, 6) is 0.143. The normalized spacial score (nSPS) is 12.1. The van der Waals surface area contributed by atoms with Crippen molar-refractivity contribution < 1.29 is 4.79 Å². The van der Waals surface area contributed by atoms with Crippen molar-refractivity contribution in [3.63, 3.8) is 0 Å². The predicted octanol–water partition coefficient (Wildman–Crippen LogP) is 4.87. The van der Waals surface area contributed by atoms with E-state index in [4.69, 9.17) is 11.6 Å². The third-order valence-corrected chi connectivity index (χ3v) is 5.02. The van der Waals surface area contributed by atoms with E-state index in [0.29, 0.717) is 17.3 Å². The van der Waals surface area contributed by atoms with Crippen LogP contribution in [-0.4, -0.2) is 17.6 Å². The van der Waals surface area contributed by atoms with Crippen molar-refractivity contribution in [3.05, 3.63) is 58.6 Å². The first-order valence-electron chi connectivity index (χ1n) is 7.28. The maximum atomic E-state index is 12.0. The summed E-state index contributed by atoms with van der Waals surface area (Å²) in [6.07, 6.45) is 0. The van der Waals surface area contributed by atoms with Crippen molar-refractivity contribution >= 4 is 44.9 Å². The van der Waals surface area contributed by atoms with Crippen LogP contribution in [0.4, 0.5) is 10.5 Å². The Labute approximate surface area is 143 Å². The third-order valence-electron chi connectivity index (χ3n) is 3.42. The second-order valence-corrected chi connectivity index (χ2v) is 6.71. The first kappa shape index (κ1) is 15.8. The van der Waals surface area contributed by atoms with Crippen LogP contribution in [0, 0.1) is 0 Å². The first-order chi connectivity index (χ1) is 11.1. The monoisotopic (exact) mass is 345 g/mol. The Balaban J connectivity index is 1.59. The number of thiazole rings is 1. The number of halogens is 1. The molecule has 6 heteroatoms. The molecular weight excluding hydrogens is 330 g/mol. The molecule has 0 aliphatic heterocycles. The zero-order valence-electron chi connectivity index (χ0n) is 12.5. The van der Waals surface area contributed by atoms with E-state index in [-0.39, 0.29) is 11.9 Å². The van der Waals surface area contributed by atoms with Gasteiger partial charge in [-0.25, -0.2) is 9.78 Å². The molecule has 0 aliphatic rings. The molecule has 1 aromatic heterocycles. The van der Waals surface area contributed by atoms with Crippen molar-refractivity contribution in [2.24, 2.45) is 0 Å². The van der Waals surface area contributed by atoms with Gasteiger partial charge in [-0.2, -0.15) is 0 Å². The number of hydrogen-bond donors (Lipinski definition) is 2. The van der Waals surface area contributed by atoms with Crippen LogP contribution < -0.4 is 10.6 Å². The molecule has 0 saturated heterocycles. The van der Waals surface area contributed by atoms with Gasteiger partial charge in [-0.05, 0) is 24.3 Å². The van der Waals surface area contributed by atoms with E-state index in [1.165, 1.54) is 0 Å². The zero-order valence-corrected chi connectivity index (χ0v) is 14.1. The second kappa shape index (κ2) is 6.98. The number of para-hydroxylation sites is 2. The van der Waals surface area contributed by atoms with Crippen LogP contribution in [0.1, 0.15) is 17.8 Å². The molecule has 23 heavy (non-hydrogen) atoms. The van der Waals surface area contributed by atoms with Gasteiger partial charge in [-0.15, -0.1) is 11.3 Å². The van der Waals surface area contributed by atoms with Crippen molar-refractivity contribution in [1.82, 2.24) is 10.3 Å². The van der Waals surface area contributed by atoms with Gasteiger partial charge in [-0.1, -0.05) is 42.8 Å². The summed E-state index contributed by atoms with van der Waals surface area (Å²) >= 11 is 7.68. The number of urea groups is 1. The molecule has 2 N–H and O–H groups in total. The summed E-state index contributed by atoms with van der Waals surface area (Å²) in [4.78, 5) is 16.6. The largest absolute Gasteiger partial charge is 0.337 e. The highest BCUT2D eigenvalue weighted by molar-refractivity contribution is 7.18. The minimum absolute atomic E-state index is 0.143. The lowest BCUT2D eigenvalue weighted by molar-refractivity contribution is 0.251. The minimum atomic E-state index is -0.272. The standard InChI is InChI=1S/C17H16ClN3OS/c1-11(16-20-14-8-4-5-9-15(14)23-16)10-19-17(22)21-13-7-3-2-6-12(13)18/h2-9,11H,10H2,1H3,(H2,19,21,22). The molecule has 1 atom stereocenters. The molecule has 1 heterocycles. The number of amides is 2. The van der Waals surface area contributed by atoms with E-state index < -0.39 is 0 Å². The van der Waals surface area contributed by atoms with E-state index in [2.05, 4.69) is 21.7 Å². The Morgan fingerprint density at radius 3 is 2.74 bits per heavy atom. The smallest absolute Gasteiger partial charge is 0.319 e. The van der Waals surface area contributed by atoms with Crippen LogP contribution in [0.3, 0.4) is 0 Å². The van der Waals surface area contributed by atoms with E-state index in [1.807, 2.05) is 37.3 Å². The van der Waals surface area contributed by atoms with Crippen LogP contribution >= 0.6 is 22.9 Å². The Bertz CT molecular complexity index is 800. The topological polar surface area (TPSA) is 54.0 Å². The van der Waals surface area contributed by atoms with Gasteiger partial charge in [0.2, 0.25) is 0 Å². The number of aromatic nitrogens is 1. The molecule has 0 aliphatic carbocycles. The average molecular weight is 346 g/mol. The van der Waals surface area contributed by atoms with Gasteiger partial charge in [0.25, 0.3) is 0 Å². The van der Waals surface area contributed by atoms with Crippen LogP contribution in [0.2, 0.25) is 5.02 Å². The summed E-state index contributed by atoms with van der Waals surface area (Å²) in [6, 6.07) is 14.9. The number of nitrogens with zero attached hydrogens (tertiary/aromatic N) is 1. The second-order valence-electron chi connectivity index (χ2n) is 5.24. The molecule has 2 amide bonds. The lowest BCUT2D eigenvalue weighted by Gasteiger charge is -2.11. The molecule has 3 aromatic rings. The Hall–Kier alpha value is -2.11. The highest BCUT2D eigenvalue weighted by atomic mass is 35.5. The van der Waals surface area contributed by atoms with Crippen molar-refractivity contribution in [1.29, 1.82) is 0 Å². The maximum absolute atomic E-state index is 12.0. The number of nitrogens with one attached hydrogen (secondary N) is 2. The number of carbonyl (C=O) groups is 1. The molecule has 0 saturated carbocycles. The van der Waals surface area contributed by atoms with Crippen LogP contribution in [-0.2, 0) is 0 Å². The number of fused-ring (bicyclic) bond motifs is 1. The first-order valence-corrected chi connectivity index (χ1v) is 8.48. The number of hydrogen-bond acceptors (Lipinski definition) is 3. The molecule has 0 spiro atoms. The number of rotatable bonds is 4. The molecule has 3 rings (SSSR count). The summed E-state index contributed by atoms with van der Waals surface area (Å²) in [5.41, 5.74) is 1.60. The molecule has 0 bridgehead atoms. The van der Waals surface area contributed by atoms with E-state index in [0.717, 1.165) is 15.2 Å². The Kier molecular flexibility index (Phi) is 4.79. The summed E-state index contributed by atoms with van der Waals surface area (Å²) < 4.78 is 1.16. The molecule has 0 radical (unpaired) electrons. The predicted molar refractivity (Wildman–Crippen MR) is 96.5 cm³/mol. The number of carbonyl (C=O) groups excluding carboxylic acids is 1. The molecular formula is C17H16ClN3OS. The highest BCUT2D eigenvalue weighted by Crippen LogP contribution is 2.27. The lowest BCUT2D eigenvalue weighted by atomic mass is 10.2. The van der Waals surface area contributed by atoms with E-state index in [1.54, 1.807) is 23.5 Å². The van der Waals surface area contributed by atoms with Gasteiger partial charge >= 0.3 is 6.03 Å². The molecule has 1 unspecified atom stereocenters. The van der Waals surface area contributed by atoms with Gasteiger partial charge in [-0.3, -0.25) is 0 Å². The van der Waals surface area contributed by atoms with Gasteiger partial charge in [0.1, 0.15) is 0 Å². The SMILES string of the molecule is CC(CNC(=O)Nc1ccccc1Cl)c1nc2ccccc2s1. The third kappa shape index (κ3) is 3.81. The van der Waals surface area contributed by atoms with Crippen LogP contribution in [0.15, 0.2) is 48.5 Å². The van der Waals surface area contributed by atoms with E-state index in [9.17, 15) is 4.79 Å². The van der Waals surface area contributed by atoms with Crippen molar-refractivity contribution in [3.8, 4) is 0 Å². The Morgan fingerprint density at radius 2 is 1.96 bits per heavy atom. The van der Waals surface area contributed by atoms with Gasteiger partial charge in [0, 0.05) is 12.5 Å². The van der Waals surface area contributed by atoms with Crippen LogP contribution in [0.25, 0.3) is 10.2 Å². The van der Waals surface area contributed by atoms with E-state index >= 15 is 0 Å². The van der Waals surface area contributed by atoms with Gasteiger partial charge in [0.05, 0.1) is 25.9 Å². The minimum Gasteiger partial charge on any atom is -0.337 e. The van der Waals surface area contributed by atoms with Crippen molar-refractivity contribution in [2.75, 3.05) is 11.9 Å². The zero-order chi connectivity index (χ0) is 16.2. The number of anilines is 1. The molecule has 118 valence electrons.